The predicted octanol–water partition coefficient (Wildman–Crippen LogP) is 4.56. The van der Waals surface area contributed by atoms with Crippen molar-refractivity contribution in [3.05, 3.63) is 76.8 Å². The highest BCUT2D eigenvalue weighted by Crippen LogP contribution is 2.35. The van der Waals surface area contributed by atoms with Crippen LogP contribution in [0.1, 0.15) is 0 Å². The van der Waals surface area contributed by atoms with Crippen LogP contribution in [0.15, 0.2) is 66.7 Å². The molecule has 0 amide bonds. The average molecular weight is 427 g/mol. The molecule has 0 fully saturated rings. The van der Waals surface area contributed by atoms with Gasteiger partial charge in [-0.15, -0.1) is 0 Å². The molecule has 9 nitrogen and oxygen atoms in total. The Labute approximate surface area is 182 Å². The molecule has 0 saturated heterocycles. The third kappa shape index (κ3) is 3.16. The Balaban J connectivity index is 1.85. The van der Waals surface area contributed by atoms with E-state index in [9.17, 15) is 10.1 Å². The Morgan fingerprint density at radius 2 is 1.59 bits per heavy atom. The molecule has 0 spiro atoms. The number of imidazole rings is 1. The van der Waals surface area contributed by atoms with Gasteiger partial charge in [0, 0.05) is 23.8 Å². The molecule has 32 heavy (non-hydrogen) atoms. The number of hydrogen-bond donors (Lipinski definition) is 0. The maximum atomic E-state index is 11.1. The Morgan fingerprint density at radius 1 is 0.875 bits per heavy atom. The van der Waals surface area contributed by atoms with Crippen LogP contribution < -0.4 is 9.47 Å². The summed E-state index contributed by atoms with van der Waals surface area (Å²) in [6.45, 7) is 0. The van der Waals surface area contributed by atoms with Gasteiger partial charge in [-0.1, -0.05) is 12.1 Å². The Kier molecular flexibility index (Phi) is 4.63. The molecular formula is C23H17N5O4. The van der Waals surface area contributed by atoms with Crippen molar-refractivity contribution >= 4 is 28.0 Å². The van der Waals surface area contributed by atoms with Gasteiger partial charge in [0.2, 0.25) is 0 Å². The predicted molar refractivity (Wildman–Crippen MR) is 119 cm³/mol. The zero-order chi connectivity index (χ0) is 22.2. The fourth-order valence-electron chi connectivity index (χ4n) is 3.58. The summed E-state index contributed by atoms with van der Waals surface area (Å²) in [5.41, 5.74) is 3.75. The van der Waals surface area contributed by atoms with Crippen molar-refractivity contribution in [3.8, 4) is 28.6 Å². The molecule has 0 saturated carbocycles. The van der Waals surface area contributed by atoms with E-state index in [1.165, 1.54) is 12.1 Å². The number of para-hydroxylation sites is 2. The minimum absolute atomic E-state index is 0.00244. The lowest BCUT2D eigenvalue weighted by Gasteiger charge is -2.14. The molecule has 3 aromatic carbocycles. The first-order valence-corrected chi connectivity index (χ1v) is 9.71. The summed E-state index contributed by atoms with van der Waals surface area (Å²) in [5, 5.41) is 11.1. The standard InChI is InChI=1S/C23H17N5O4/c1-31-16-11-12-20(32-2)19(13-16)27-22(14-7-9-15(10-8-14)28(29)30)26-21-23(27)25-18-6-4-3-5-17(18)24-21/h3-13H,1-2H3. The van der Waals surface area contributed by atoms with Crippen molar-refractivity contribution in [1.29, 1.82) is 0 Å². The molecule has 2 heterocycles. The lowest BCUT2D eigenvalue weighted by atomic mass is 10.2. The quantitative estimate of drug-likeness (QED) is 0.299. The molecule has 0 bridgehead atoms. The minimum atomic E-state index is -0.437. The molecule has 158 valence electrons. The fourth-order valence-corrected chi connectivity index (χ4v) is 3.58. The Bertz CT molecular complexity index is 1480. The monoisotopic (exact) mass is 427 g/mol. The van der Waals surface area contributed by atoms with E-state index in [0.29, 0.717) is 39.9 Å². The molecule has 5 rings (SSSR count). The number of benzene rings is 3. The molecule has 9 heteroatoms. The van der Waals surface area contributed by atoms with Gasteiger partial charge in [0.1, 0.15) is 17.3 Å². The summed E-state index contributed by atoms with van der Waals surface area (Å²) < 4.78 is 12.9. The molecule has 0 aliphatic heterocycles. The van der Waals surface area contributed by atoms with Gasteiger partial charge in [0.25, 0.3) is 5.69 Å². The van der Waals surface area contributed by atoms with E-state index in [0.717, 1.165) is 11.0 Å². The van der Waals surface area contributed by atoms with E-state index in [2.05, 4.69) is 4.98 Å². The summed E-state index contributed by atoms with van der Waals surface area (Å²) in [7, 11) is 3.17. The topological polar surface area (TPSA) is 105 Å². The number of non-ortho nitro benzene ring substituents is 1. The van der Waals surface area contributed by atoms with Gasteiger partial charge in [-0.2, -0.15) is 0 Å². The number of rotatable bonds is 5. The van der Waals surface area contributed by atoms with Gasteiger partial charge < -0.3 is 9.47 Å². The lowest BCUT2D eigenvalue weighted by Crippen LogP contribution is -2.02. The third-order valence-electron chi connectivity index (χ3n) is 5.13. The summed E-state index contributed by atoms with van der Waals surface area (Å²) in [4.78, 5) is 24.9. The molecule has 0 aliphatic rings. The normalized spacial score (nSPS) is 11.1. The summed E-state index contributed by atoms with van der Waals surface area (Å²) in [6, 6.07) is 19.2. The molecule has 0 radical (unpaired) electrons. The fraction of sp³-hybridized carbons (Fsp3) is 0.0870. The number of ether oxygens (including phenoxy) is 2. The van der Waals surface area contributed by atoms with Crippen molar-refractivity contribution in [3.63, 3.8) is 0 Å². The van der Waals surface area contributed by atoms with E-state index in [1.54, 1.807) is 38.5 Å². The molecular weight excluding hydrogens is 410 g/mol. The molecule has 0 aliphatic carbocycles. The van der Waals surface area contributed by atoms with Crippen molar-refractivity contribution in [2.75, 3.05) is 14.2 Å². The Hall–Kier alpha value is -4.53. The van der Waals surface area contributed by atoms with Crippen molar-refractivity contribution in [2.45, 2.75) is 0 Å². The highest BCUT2D eigenvalue weighted by atomic mass is 16.6. The van der Waals surface area contributed by atoms with Crippen molar-refractivity contribution in [2.24, 2.45) is 0 Å². The second-order valence-electron chi connectivity index (χ2n) is 6.97. The largest absolute Gasteiger partial charge is 0.497 e. The smallest absolute Gasteiger partial charge is 0.269 e. The van der Waals surface area contributed by atoms with Crippen LogP contribution in [0.5, 0.6) is 11.5 Å². The zero-order valence-electron chi connectivity index (χ0n) is 17.2. The van der Waals surface area contributed by atoms with E-state index in [4.69, 9.17) is 19.4 Å². The average Bonchev–Trinajstić information content (AvgIpc) is 3.20. The minimum Gasteiger partial charge on any atom is -0.497 e. The van der Waals surface area contributed by atoms with Gasteiger partial charge in [0.15, 0.2) is 11.3 Å². The van der Waals surface area contributed by atoms with Crippen LogP contribution in [0.25, 0.3) is 39.4 Å². The number of hydrogen-bond acceptors (Lipinski definition) is 7. The second-order valence-corrected chi connectivity index (χ2v) is 6.97. The van der Waals surface area contributed by atoms with E-state index < -0.39 is 4.92 Å². The van der Waals surface area contributed by atoms with Crippen LogP contribution in [0, 0.1) is 10.1 Å². The first kappa shape index (κ1) is 19.4. The second kappa shape index (κ2) is 7.62. The van der Waals surface area contributed by atoms with E-state index in [1.807, 2.05) is 34.9 Å². The van der Waals surface area contributed by atoms with E-state index in [-0.39, 0.29) is 5.69 Å². The number of methoxy groups -OCH3 is 2. The third-order valence-corrected chi connectivity index (χ3v) is 5.13. The van der Waals surface area contributed by atoms with Crippen LogP contribution in [0.4, 0.5) is 5.69 Å². The lowest BCUT2D eigenvalue weighted by molar-refractivity contribution is -0.384. The summed E-state index contributed by atoms with van der Waals surface area (Å²) in [6.07, 6.45) is 0. The van der Waals surface area contributed by atoms with Crippen LogP contribution in [0.3, 0.4) is 0 Å². The summed E-state index contributed by atoms with van der Waals surface area (Å²) >= 11 is 0. The molecule has 0 N–H and O–H groups in total. The van der Waals surface area contributed by atoms with Gasteiger partial charge in [-0.05, 0) is 36.4 Å². The maximum Gasteiger partial charge on any atom is 0.269 e. The zero-order valence-corrected chi connectivity index (χ0v) is 17.2. The van der Waals surface area contributed by atoms with Crippen LogP contribution in [-0.2, 0) is 0 Å². The number of aromatic nitrogens is 4. The van der Waals surface area contributed by atoms with Crippen LogP contribution in [-0.4, -0.2) is 38.7 Å². The Morgan fingerprint density at radius 3 is 2.25 bits per heavy atom. The van der Waals surface area contributed by atoms with Gasteiger partial charge in [-0.3, -0.25) is 14.7 Å². The number of nitro benzene ring substituents is 1. The number of nitrogens with zero attached hydrogens (tertiary/aromatic N) is 5. The molecule has 0 atom stereocenters. The summed E-state index contributed by atoms with van der Waals surface area (Å²) in [5.74, 6) is 1.74. The van der Waals surface area contributed by atoms with Gasteiger partial charge in [0.05, 0.1) is 35.9 Å². The van der Waals surface area contributed by atoms with Crippen LogP contribution in [0.2, 0.25) is 0 Å². The molecule has 0 unspecified atom stereocenters. The first-order valence-electron chi connectivity index (χ1n) is 9.71. The molecule has 5 aromatic rings. The van der Waals surface area contributed by atoms with E-state index >= 15 is 0 Å². The highest BCUT2D eigenvalue weighted by Gasteiger charge is 2.21. The van der Waals surface area contributed by atoms with Gasteiger partial charge in [-0.25, -0.2) is 15.0 Å². The number of fused-ring (bicyclic) bond motifs is 2. The SMILES string of the molecule is COc1ccc(OC)c(-n2c(-c3ccc([N+](=O)[O-])cc3)nc3nc4ccccc4nc32)c1. The maximum absolute atomic E-state index is 11.1. The van der Waals surface area contributed by atoms with Crippen molar-refractivity contribution in [1.82, 2.24) is 19.5 Å². The van der Waals surface area contributed by atoms with Crippen LogP contribution >= 0.6 is 0 Å². The van der Waals surface area contributed by atoms with Crippen molar-refractivity contribution < 1.29 is 14.4 Å². The molecule has 2 aromatic heterocycles. The number of nitro groups is 1. The van der Waals surface area contributed by atoms with Gasteiger partial charge >= 0.3 is 0 Å². The first-order chi connectivity index (χ1) is 15.6. The highest BCUT2D eigenvalue weighted by molar-refractivity contribution is 5.86.